The lowest BCUT2D eigenvalue weighted by atomic mass is 10.1. The molecule has 0 heterocycles. The van der Waals surface area contributed by atoms with E-state index < -0.39 is 11.9 Å². The number of rotatable bonds is 9. The molecule has 3 N–H and O–H groups in total. The number of carbonyl (C=O) groups is 2. The molecular formula is C20H25NO6. The van der Waals surface area contributed by atoms with Crippen molar-refractivity contribution in [2.24, 2.45) is 0 Å². The van der Waals surface area contributed by atoms with Crippen LogP contribution >= 0.6 is 0 Å². The molecular weight excluding hydrogens is 350 g/mol. The zero-order valence-corrected chi connectivity index (χ0v) is 15.3. The summed E-state index contributed by atoms with van der Waals surface area (Å²) in [5.74, 6) is -2.70. The average Bonchev–Trinajstić information content (AvgIpc) is 2.69. The van der Waals surface area contributed by atoms with Crippen molar-refractivity contribution < 1.29 is 29.3 Å². The first-order chi connectivity index (χ1) is 13.1. The van der Waals surface area contributed by atoms with Gasteiger partial charge in [0.25, 0.3) is 0 Å². The van der Waals surface area contributed by atoms with Crippen LogP contribution in [0, 0.1) is 0 Å². The molecule has 0 spiro atoms. The Balaban J connectivity index is 0.000000527. The Morgan fingerprint density at radius 3 is 2.15 bits per heavy atom. The quantitative estimate of drug-likeness (QED) is 0.457. The van der Waals surface area contributed by atoms with Crippen LogP contribution in [0.3, 0.4) is 0 Å². The van der Waals surface area contributed by atoms with Gasteiger partial charge in [-0.25, -0.2) is 9.59 Å². The molecule has 7 nitrogen and oxygen atoms in total. The lowest BCUT2D eigenvalue weighted by Crippen LogP contribution is -2.21. The number of carboxylic acid groups (broad SMARTS) is 2. The summed E-state index contributed by atoms with van der Waals surface area (Å²) in [4.78, 5) is 18.2. The topological polar surface area (TPSA) is 105 Å². The highest BCUT2D eigenvalue weighted by atomic mass is 16.5. The van der Waals surface area contributed by atoms with Gasteiger partial charge in [-0.05, 0) is 24.6 Å². The Hall–Kier alpha value is -2.90. The first kappa shape index (κ1) is 22.1. The number of benzene rings is 2. The summed E-state index contributed by atoms with van der Waals surface area (Å²) >= 11 is 0. The molecule has 0 amide bonds. The molecule has 0 aliphatic carbocycles. The molecule has 146 valence electrons. The van der Waals surface area contributed by atoms with E-state index in [9.17, 15) is 0 Å². The minimum Gasteiger partial charge on any atom is -0.493 e. The maximum Gasteiger partial charge on any atom is 0.414 e. The fourth-order valence-electron chi connectivity index (χ4n) is 2.13. The molecule has 0 aliphatic rings. The molecule has 27 heavy (non-hydrogen) atoms. The van der Waals surface area contributed by atoms with E-state index in [0.29, 0.717) is 6.61 Å². The van der Waals surface area contributed by atoms with Gasteiger partial charge in [0.1, 0.15) is 5.75 Å². The summed E-state index contributed by atoms with van der Waals surface area (Å²) < 4.78 is 10.9. The first-order valence-corrected chi connectivity index (χ1v) is 8.49. The predicted molar refractivity (Wildman–Crippen MR) is 102 cm³/mol. The molecule has 0 atom stereocenters. The normalized spacial score (nSPS) is 9.81. The van der Waals surface area contributed by atoms with E-state index in [1.54, 1.807) is 7.11 Å². The van der Waals surface area contributed by atoms with E-state index >= 15 is 0 Å². The predicted octanol–water partition coefficient (Wildman–Crippen LogP) is 2.51. The number of aliphatic carboxylic acids is 2. The third-order valence-electron chi connectivity index (χ3n) is 3.39. The fraction of sp³-hybridized carbons (Fsp3) is 0.300. The summed E-state index contributed by atoms with van der Waals surface area (Å²) in [7, 11) is 1.71. The fourth-order valence-corrected chi connectivity index (χ4v) is 2.13. The van der Waals surface area contributed by atoms with Crippen LogP contribution in [-0.4, -0.2) is 55.6 Å². The van der Waals surface area contributed by atoms with Gasteiger partial charge in [0.2, 0.25) is 0 Å². The van der Waals surface area contributed by atoms with Crippen molar-refractivity contribution in [3.63, 3.8) is 0 Å². The highest BCUT2D eigenvalue weighted by Crippen LogP contribution is 2.29. The van der Waals surface area contributed by atoms with E-state index in [-0.39, 0.29) is 0 Å². The molecule has 0 saturated carbocycles. The van der Waals surface area contributed by atoms with E-state index in [4.69, 9.17) is 29.3 Å². The van der Waals surface area contributed by atoms with Crippen LogP contribution in [0.15, 0.2) is 54.6 Å². The highest BCUT2D eigenvalue weighted by Gasteiger charge is 2.05. The summed E-state index contributed by atoms with van der Waals surface area (Å²) in [5.41, 5.74) is 2.33. The Kier molecular flexibility index (Phi) is 10.9. The molecule has 2 aromatic rings. The zero-order valence-electron chi connectivity index (χ0n) is 15.3. The van der Waals surface area contributed by atoms with Crippen LogP contribution in [0.25, 0.3) is 11.1 Å². The molecule has 2 aromatic carbocycles. The lowest BCUT2D eigenvalue weighted by molar-refractivity contribution is -0.159. The largest absolute Gasteiger partial charge is 0.493 e. The maximum atomic E-state index is 9.10. The van der Waals surface area contributed by atoms with Crippen molar-refractivity contribution in [1.29, 1.82) is 0 Å². The summed E-state index contributed by atoms with van der Waals surface area (Å²) in [6, 6.07) is 18.5. The summed E-state index contributed by atoms with van der Waals surface area (Å²) in [6.45, 7) is 3.29. The Bertz CT molecular complexity index is 678. The van der Waals surface area contributed by atoms with Gasteiger partial charge < -0.3 is 25.0 Å². The van der Waals surface area contributed by atoms with Crippen LogP contribution in [0.5, 0.6) is 5.75 Å². The second kappa shape index (κ2) is 13.3. The minimum absolute atomic E-state index is 0.712. The second-order valence-electron chi connectivity index (χ2n) is 5.42. The van der Waals surface area contributed by atoms with Gasteiger partial charge >= 0.3 is 11.9 Å². The van der Waals surface area contributed by atoms with Gasteiger partial charge in [0.15, 0.2) is 0 Å². The number of carboxylic acids is 2. The average molecular weight is 375 g/mol. The summed E-state index contributed by atoms with van der Waals surface area (Å²) in [5, 5.41) is 18.1. The van der Waals surface area contributed by atoms with Gasteiger partial charge in [-0.2, -0.15) is 0 Å². The molecule has 0 aliphatic heterocycles. The van der Waals surface area contributed by atoms with Crippen molar-refractivity contribution in [3.8, 4) is 16.9 Å². The molecule has 0 unspecified atom stereocenters. The molecule has 0 fully saturated rings. The molecule has 0 saturated heterocycles. The molecule has 2 rings (SSSR count). The number of ether oxygens (including phenoxy) is 2. The van der Waals surface area contributed by atoms with Crippen molar-refractivity contribution in [2.45, 2.75) is 6.42 Å². The molecule has 7 heteroatoms. The first-order valence-electron chi connectivity index (χ1n) is 8.49. The smallest absolute Gasteiger partial charge is 0.414 e. The van der Waals surface area contributed by atoms with E-state index in [0.717, 1.165) is 37.4 Å². The van der Waals surface area contributed by atoms with Gasteiger partial charge in [-0.15, -0.1) is 0 Å². The monoisotopic (exact) mass is 375 g/mol. The van der Waals surface area contributed by atoms with Crippen LogP contribution < -0.4 is 10.1 Å². The third-order valence-corrected chi connectivity index (χ3v) is 3.39. The highest BCUT2D eigenvalue weighted by molar-refractivity contribution is 6.27. The van der Waals surface area contributed by atoms with Crippen molar-refractivity contribution in [2.75, 3.05) is 33.4 Å². The SMILES string of the molecule is COCCNCCCOc1ccccc1-c1ccccc1.O=C(O)C(=O)O. The minimum atomic E-state index is -1.82. The van der Waals surface area contributed by atoms with Gasteiger partial charge in [-0.1, -0.05) is 48.5 Å². The van der Waals surface area contributed by atoms with Crippen molar-refractivity contribution >= 4 is 11.9 Å². The standard InChI is InChI=1S/C18H23NO2.C2H2O4/c1-20-15-13-19-12-7-14-21-18-11-6-5-10-17(18)16-8-3-2-4-9-16;3-1(4)2(5)6/h2-6,8-11,19H,7,12-15H2,1H3;(H,3,4)(H,5,6). The number of methoxy groups -OCH3 is 1. The Labute approximate surface area is 158 Å². The van der Waals surface area contributed by atoms with Crippen LogP contribution in [0.4, 0.5) is 0 Å². The second-order valence-corrected chi connectivity index (χ2v) is 5.42. The van der Waals surface area contributed by atoms with E-state index in [2.05, 4.69) is 23.5 Å². The van der Waals surface area contributed by atoms with Crippen molar-refractivity contribution in [1.82, 2.24) is 5.32 Å². The van der Waals surface area contributed by atoms with Crippen LogP contribution in [0.1, 0.15) is 6.42 Å². The number of para-hydroxylation sites is 1. The van der Waals surface area contributed by atoms with Crippen LogP contribution in [-0.2, 0) is 14.3 Å². The number of hydrogen-bond donors (Lipinski definition) is 3. The number of hydrogen-bond acceptors (Lipinski definition) is 5. The van der Waals surface area contributed by atoms with E-state index in [1.165, 1.54) is 5.56 Å². The lowest BCUT2D eigenvalue weighted by Gasteiger charge is -2.12. The van der Waals surface area contributed by atoms with Gasteiger partial charge in [0, 0.05) is 19.2 Å². The van der Waals surface area contributed by atoms with E-state index in [1.807, 2.05) is 36.4 Å². The maximum absolute atomic E-state index is 9.10. The molecule has 0 bridgehead atoms. The van der Waals surface area contributed by atoms with Gasteiger partial charge in [0.05, 0.1) is 13.2 Å². The Morgan fingerprint density at radius 2 is 1.52 bits per heavy atom. The zero-order chi connectivity index (χ0) is 19.9. The Morgan fingerprint density at radius 1 is 0.889 bits per heavy atom. The number of nitrogens with one attached hydrogen (secondary N) is 1. The summed E-state index contributed by atoms with van der Waals surface area (Å²) in [6.07, 6.45) is 0.979. The molecule has 0 aromatic heterocycles. The third kappa shape index (κ3) is 9.39. The van der Waals surface area contributed by atoms with Crippen molar-refractivity contribution in [3.05, 3.63) is 54.6 Å². The van der Waals surface area contributed by atoms with Gasteiger partial charge in [-0.3, -0.25) is 0 Å². The molecule has 0 radical (unpaired) electrons. The van der Waals surface area contributed by atoms with Crippen LogP contribution in [0.2, 0.25) is 0 Å².